The summed E-state index contributed by atoms with van der Waals surface area (Å²) in [6.07, 6.45) is 0.894. The quantitative estimate of drug-likeness (QED) is 0.0487. The van der Waals surface area contributed by atoms with E-state index in [2.05, 4.69) is 106 Å². The fourth-order valence-electron chi connectivity index (χ4n) is 7.62. The van der Waals surface area contributed by atoms with Crippen LogP contribution in [0.3, 0.4) is 0 Å². The molecule has 13 heteroatoms. The predicted octanol–water partition coefficient (Wildman–Crippen LogP) is 7.38. The van der Waals surface area contributed by atoms with Gasteiger partial charge in [-0.05, 0) is 91.2 Å². The van der Waals surface area contributed by atoms with E-state index in [-0.39, 0.29) is 42.3 Å². The predicted molar refractivity (Wildman–Crippen MR) is 261 cm³/mol. The van der Waals surface area contributed by atoms with E-state index in [9.17, 15) is 14.4 Å². The lowest BCUT2D eigenvalue weighted by Crippen LogP contribution is -2.49. The summed E-state index contributed by atoms with van der Waals surface area (Å²) in [5, 5.41) is 0. The summed E-state index contributed by atoms with van der Waals surface area (Å²) in [5.41, 5.74) is 1.94. The lowest BCUT2D eigenvalue weighted by atomic mass is 9.84. The molecule has 12 nitrogen and oxygen atoms in total. The van der Waals surface area contributed by atoms with Gasteiger partial charge in [-0.25, -0.2) is 0 Å². The monoisotopic (exact) mass is 919 g/mol. The minimum absolute atomic E-state index is 0.0987. The van der Waals surface area contributed by atoms with Crippen LogP contribution in [-0.4, -0.2) is 165 Å². The normalized spacial score (nSPS) is 16.0. The van der Waals surface area contributed by atoms with Gasteiger partial charge < -0.3 is 23.7 Å². The van der Waals surface area contributed by atoms with Gasteiger partial charge in [-0.15, -0.1) is 11.8 Å². The number of carbonyl (C=O) groups excluding carboxylic acids is 3. The molecule has 0 bridgehead atoms. The van der Waals surface area contributed by atoms with Crippen molar-refractivity contribution in [3.8, 4) is 0 Å². The molecule has 3 aromatic rings. The molecule has 1 aliphatic heterocycles. The molecule has 1 aliphatic rings. The molecule has 0 amide bonds. The van der Waals surface area contributed by atoms with E-state index in [1.54, 1.807) is 0 Å². The molecule has 0 saturated carbocycles. The van der Waals surface area contributed by atoms with Gasteiger partial charge in [-0.3, -0.25) is 34.0 Å². The molecule has 4 rings (SSSR count). The van der Waals surface area contributed by atoms with Gasteiger partial charge in [0.25, 0.3) is 0 Å². The summed E-state index contributed by atoms with van der Waals surface area (Å²) in [7, 11) is 0. The Balaban J connectivity index is 1.34. The second kappa shape index (κ2) is 26.5. The zero-order valence-corrected chi connectivity index (χ0v) is 41.7. The minimum atomic E-state index is -0.613. The Morgan fingerprint density at radius 3 is 1.08 bits per heavy atom. The molecule has 360 valence electrons. The number of hydrogen-bond acceptors (Lipinski definition) is 13. The highest BCUT2D eigenvalue weighted by Crippen LogP contribution is 2.48. The SMILES string of the molecule is CC(C)(C)OC(=O)CN1CCN(CCOCCOCCCSC(c2ccccc2)(c2ccccc2)c2ccccc2)CCN(CC(=O)OC(C)(C)C)CCN(CC(=O)OC(C)(C)C)CC1. The lowest BCUT2D eigenvalue weighted by Gasteiger charge is -2.35. The average Bonchev–Trinajstić information content (AvgIpc) is 3.22. The fraction of sp³-hybridized carbons (Fsp3) is 0.596. The largest absolute Gasteiger partial charge is 0.459 e. The second-order valence-corrected chi connectivity index (χ2v) is 20.9. The van der Waals surface area contributed by atoms with Crippen molar-refractivity contribution in [2.75, 3.05) is 111 Å². The minimum Gasteiger partial charge on any atom is -0.459 e. The maximum absolute atomic E-state index is 13.1. The van der Waals surface area contributed by atoms with Crippen molar-refractivity contribution >= 4 is 29.7 Å². The molecule has 0 atom stereocenters. The maximum Gasteiger partial charge on any atom is 0.320 e. The number of nitrogens with zero attached hydrogens (tertiary/aromatic N) is 4. The standard InChI is InChI=1S/C52H78N4O8S/c1-49(2,3)62-46(57)40-54-28-26-53(27-29-55(41-47(58)63-50(4,5)6)31-33-56(32-30-54)42-48(59)64-51(7,8)9)34-36-61-38-37-60-35-19-39-65-52(43-20-13-10-14-21-43,44-22-15-11-16-23-44)45-24-17-12-18-25-45/h10-18,20-25H,19,26-42H2,1-9H3. The number of benzene rings is 3. The van der Waals surface area contributed by atoms with Gasteiger partial charge >= 0.3 is 17.9 Å². The van der Waals surface area contributed by atoms with Crippen molar-refractivity contribution in [1.29, 1.82) is 0 Å². The molecule has 0 unspecified atom stereocenters. The molecule has 0 N–H and O–H groups in total. The lowest BCUT2D eigenvalue weighted by molar-refractivity contribution is -0.158. The van der Waals surface area contributed by atoms with Crippen LogP contribution in [0, 0.1) is 0 Å². The average molecular weight is 919 g/mol. The Labute approximate surface area is 394 Å². The highest BCUT2D eigenvalue weighted by atomic mass is 32.2. The van der Waals surface area contributed by atoms with Gasteiger partial charge in [0.15, 0.2) is 0 Å². The summed E-state index contributed by atoms with van der Waals surface area (Å²) < 4.78 is 29.0. The van der Waals surface area contributed by atoms with E-state index in [4.69, 9.17) is 23.7 Å². The Hall–Kier alpha value is -3.82. The van der Waals surface area contributed by atoms with Gasteiger partial charge in [-0.2, -0.15) is 0 Å². The second-order valence-electron chi connectivity index (χ2n) is 19.6. The first-order valence-corrected chi connectivity index (χ1v) is 24.3. The zero-order chi connectivity index (χ0) is 47.4. The van der Waals surface area contributed by atoms with Gasteiger partial charge in [0.1, 0.15) is 16.8 Å². The molecular formula is C52H78N4O8S. The topological polar surface area (TPSA) is 110 Å². The first-order valence-electron chi connectivity index (χ1n) is 23.3. The molecule has 0 aromatic heterocycles. The first-order chi connectivity index (χ1) is 30.8. The van der Waals surface area contributed by atoms with Crippen molar-refractivity contribution in [2.24, 2.45) is 0 Å². The molecule has 1 heterocycles. The van der Waals surface area contributed by atoms with Crippen LogP contribution in [0.4, 0.5) is 0 Å². The number of rotatable bonds is 20. The number of esters is 3. The molecule has 0 radical (unpaired) electrons. The molecular weight excluding hydrogens is 841 g/mol. The molecule has 3 aromatic carbocycles. The smallest absolute Gasteiger partial charge is 0.320 e. The van der Waals surface area contributed by atoms with Crippen LogP contribution in [-0.2, 0) is 42.8 Å². The van der Waals surface area contributed by atoms with Crippen LogP contribution in [0.5, 0.6) is 0 Å². The number of hydrogen-bond donors (Lipinski definition) is 0. The van der Waals surface area contributed by atoms with E-state index in [1.807, 2.05) is 79.0 Å². The summed E-state index contributed by atoms with van der Waals surface area (Å²) >= 11 is 1.94. The number of carbonyl (C=O) groups is 3. The Kier molecular flexibility index (Phi) is 21.9. The van der Waals surface area contributed by atoms with E-state index >= 15 is 0 Å². The Morgan fingerprint density at radius 2 is 0.754 bits per heavy atom. The Bertz CT molecular complexity index is 1690. The molecule has 1 fully saturated rings. The van der Waals surface area contributed by atoms with Gasteiger partial charge in [0.2, 0.25) is 0 Å². The van der Waals surface area contributed by atoms with Gasteiger partial charge in [0.05, 0.1) is 44.2 Å². The van der Waals surface area contributed by atoms with Crippen LogP contribution < -0.4 is 0 Å². The number of ether oxygens (including phenoxy) is 5. The highest BCUT2D eigenvalue weighted by Gasteiger charge is 2.36. The molecule has 65 heavy (non-hydrogen) atoms. The summed E-state index contributed by atoms with van der Waals surface area (Å²) in [6.45, 7) is 24.6. The highest BCUT2D eigenvalue weighted by molar-refractivity contribution is 8.00. The van der Waals surface area contributed by atoms with Crippen molar-refractivity contribution < 1.29 is 38.1 Å². The van der Waals surface area contributed by atoms with E-state index in [0.717, 1.165) is 12.2 Å². The third-order valence-corrected chi connectivity index (χ3v) is 12.1. The van der Waals surface area contributed by atoms with Crippen LogP contribution in [0.2, 0.25) is 0 Å². The van der Waals surface area contributed by atoms with E-state index < -0.39 is 16.8 Å². The zero-order valence-electron chi connectivity index (χ0n) is 40.9. The molecule has 1 saturated heterocycles. The maximum atomic E-state index is 13.1. The van der Waals surface area contributed by atoms with E-state index in [1.165, 1.54) is 16.7 Å². The van der Waals surface area contributed by atoms with Crippen molar-refractivity contribution in [1.82, 2.24) is 19.6 Å². The van der Waals surface area contributed by atoms with Crippen LogP contribution in [0.15, 0.2) is 91.0 Å². The van der Waals surface area contributed by atoms with Crippen molar-refractivity contribution in [3.63, 3.8) is 0 Å². The van der Waals surface area contributed by atoms with Crippen molar-refractivity contribution in [3.05, 3.63) is 108 Å². The summed E-state index contributed by atoms with van der Waals surface area (Å²) in [5.74, 6) is 0.0168. The Morgan fingerprint density at radius 1 is 0.446 bits per heavy atom. The molecule has 0 aliphatic carbocycles. The van der Waals surface area contributed by atoms with Crippen LogP contribution in [0.25, 0.3) is 0 Å². The van der Waals surface area contributed by atoms with Crippen LogP contribution in [0.1, 0.15) is 85.4 Å². The summed E-state index contributed by atoms with van der Waals surface area (Å²) in [4.78, 5) is 47.7. The fourth-order valence-corrected chi connectivity index (χ4v) is 9.09. The van der Waals surface area contributed by atoms with Crippen molar-refractivity contribution in [2.45, 2.75) is 90.3 Å². The first kappa shape index (κ1) is 53.8. The van der Waals surface area contributed by atoms with Gasteiger partial charge in [-0.1, -0.05) is 91.0 Å². The van der Waals surface area contributed by atoms with Gasteiger partial charge in [0, 0.05) is 65.5 Å². The van der Waals surface area contributed by atoms with E-state index in [0.29, 0.717) is 85.3 Å². The summed E-state index contributed by atoms with van der Waals surface area (Å²) in [6, 6.07) is 32.3. The third-order valence-electron chi connectivity index (χ3n) is 10.5. The number of thioether (sulfide) groups is 1. The van der Waals surface area contributed by atoms with Crippen LogP contribution >= 0.6 is 11.8 Å². The molecule has 0 spiro atoms. The third kappa shape index (κ3) is 20.7.